The van der Waals surface area contributed by atoms with Gasteiger partial charge in [-0.25, -0.2) is 4.98 Å². The van der Waals surface area contributed by atoms with Crippen LogP contribution in [0.4, 0.5) is 5.82 Å². The van der Waals surface area contributed by atoms with Gasteiger partial charge in [0, 0.05) is 17.2 Å². The highest BCUT2D eigenvalue weighted by atomic mass is 79.9. The molecule has 78 valence electrons. The summed E-state index contributed by atoms with van der Waals surface area (Å²) >= 11 is 5.26. The highest BCUT2D eigenvalue weighted by Crippen LogP contribution is 2.10. The van der Waals surface area contributed by atoms with Gasteiger partial charge < -0.3 is 5.32 Å². The lowest BCUT2D eigenvalue weighted by atomic mass is 10.3. The van der Waals surface area contributed by atoms with Gasteiger partial charge in [0.2, 0.25) is 0 Å². The molecule has 0 aliphatic rings. The predicted octanol–water partition coefficient (Wildman–Crippen LogP) is 3.40. The number of rotatable bonds is 6. The molecule has 0 aliphatic carbocycles. The molecule has 14 heavy (non-hydrogen) atoms. The van der Waals surface area contributed by atoms with Crippen LogP contribution in [-0.2, 0) is 0 Å². The fraction of sp³-hybridized carbons (Fsp3) is 0.500. The van der Waals surface area contributed by atoms with Crippen molar-refractivity contribution in [1.29, 1.82) is 0 Å². The van der Waals surface area contributed by atoms with E-state index in [4.69, 9.17) is 0 Å². The Bertz CT molecular complexity index is 251. The monoisotopic (exact) mass is 274 g/mol. The first-order valence-corrected chi connectivity index (χ1v) is 6.86. The van der Waals surface area contributed by atoms with Gasteiger partial charge in [0.05, 0.1) is 0 Å². The Kier molecular flexibility index (Phi) is 6.03. The molecule has 0 amide bonds. The van der Waals surface area contributed by atoms with Crippen LogP contribution in [0.15, 0.2) is 22.8 Å². The summed E-state index contributed by atoms with van der Waals surface area (Å²) in [5, 5.41) is 3.29. The lowest BCUT2D eigenvalue weighted by molar-refractivity contribution is 0.840. The quantitative estimate of drug-likeness (QED) is 0.805. The van der Waals surface area contributed by atoms with Gasteiger partial charge >= 0.3 is 0 Å². The van der Waals surface area contributed by atoms with Gasteiger partial charge in [-0.15, -0.1) is 0 Å². The molecule has 1 heterocycles. The molecule has 2 nitrogen and oxygen atoms in total. The van der Waals surface area contributed by atoms with Crippen molar-refractivity contribution >= 4 is 33.5 Å². The van der Waals surface area contributed by atoms with E-state index in [-0.39, 0.29) is 0 Å². The summed E-state index contributed by atoms with van der Waals surface area (Å²) in [6.07, 6.45) is 6.43. The number of pyridine rings is 1. The maximum atomic E-state index is 4.23. The summed E-state index contributed by atoms with van der Waals surface area (Å²) < 4.78 is 1.02. The molecule has 4 heteroatoms. The summed E-state index contributed by atoms with van der Waals surface area (Å²) in [6.45, 7) is 1.01. The fourth-order valence-electron chi connectivity index (χ4n) is 1.07. The van der Waals surface area contributed by atoms with E-state index in [9.17, 15) is 0 Å². The minimum absolute atomic E-state index is 0.956. The molecule has 0 bridgehead atoms. The largest absolute Gasteiger partial charge is 0.370 e. The molecule has 0 saturated heterocycles. The normalized spacial score (nSPS) is 10.1. The number of halogens is 1. The smallest absolute Gasteiger partial charge is 0.125 e. The van der Waals surface area contributed by atoms with Crippen molar-refractivity contribution in [3.8, 4) is 0 Å². The number of anilines is 1. The van der Waals surface area contributed by atoms with Crippen LogP contribution in [-0.4, -0.2) is 23.5 Å². The van der Waals surface area contributed by atoms with E-state index in [0.29, 0.717) is 0 Å². The van der Waals surface area contributed by atoms with Gasteiger partial charge in [0.15, 0.2) is 0 Å². The van der Waals surface area contributed by atoms with E-state index in [1.165, 1.54) is 18.6 Å². The van der Waals surface area contributed by atoms with E-state index < -0.39 is 0 Å². The third-order valence-corrected chi connectivity index (χ3v) is 2.97. The molecule has 1 N–H and O–H groups in total. The van der Waals surface area contributed by atoms with Gasteiger partial charge in [-0.2, -0.15) is 11.8 Å². The van der Waals surface area contributed by atoms with Crippen molar-refractivity contribution < 1.29 is 0 Å². The van der Waals surface area contributed by atoms with E-state index in [2.05, 4.69) is 32.5 Å². The maximum Gasteiger partial charge on any atom is 0.125 e. The van der Waals surface area contributed by atoms with Gasteiger partial charge in [0.25, 0.3) is 0 Å². The second-order valence-corrected chi connectivity index (χ2v) is 4.89. The summed E-state index contributed by atoms with van der Waals surface area (Å²) in [7, 11) is 0. The first kappa shape index (κ1) is 11.9. The van der Waals surface area contributed by atoms with Crippen molar-refractivity contribution in [1.82, 2.24) is 4.98 Å². The highest BCUT2D eigenvalue weighted by molar-refractivity contribution is 9.10. The summed E-state index contributed by atoms with van der Waals surface area (Å²) in [6, 6.07) is 3.98. The zero-order valence-corrected chi connectivity index (χ0v) is 10.7. The maximum absolute atomic E-state index is 4.23. The third-order valence-electron chi connectivity index (χ3n) is 1.81. The molecule has 0 atom stereocenters. The van der Waals surface area contributed by atoms with Gasteiger partial charge in [0.1, 0.15) is 5.82 Å². The Hall–Kier alpha value is -0.220. The van der Waals surface area contributed by atoms with Crippen LogP contribution in [0.1, 0.15) is 12.8 Å². The van der Waals surface area contributed by atoms with E-state index in [0.717, 1.165) is 16.8 Å². The molecule has 0 aliphatic heterocycles. The molecular formula is C10H15BrN2S. The zero-order chi connectivity index (χ0) is 10.2. The van der Waals surface area contributed by atoms with Crippen LogP contribution < -0.4 is 5.32 Å². The lowest BCUT2D eigenvalue weighted by Crippen LogP contribution is -2.03. The lowest BCUT2D eigenvalue weighted by Gasteiger charge is -2.04. The average molecular weight is 275 g/mol. The van der Waals surface area contributed by atoms with Crippen LogP contribution in [0.2, 0.25) is 0 Å². The molecule has 1 aromatic heterocycles. The molecular weight excluding hydrogens is 260 g/mol. The summed E-state index contributed by atoms with van der Waals surface area (Å²) in [4.78, 5) is 4.23. The molecule has 1 aromatic rings. The first-order valence-electron chi connectivity index (χ1n) is 4.67. The molecule has 0 radical (unpaired) electrons. The molecule has 1 rings (SSSR count). The molecule has 0 spiro atoms. The van der Waals surface area contributed by atoms with Crippen LogP contribution >= 0.6 is 27.7 Å². The Labute approximate surface area is 98.0 Å². The van der Waals surface area contributed by atoms with Crippen LogP contribution in [0.5, 0.6) is 0 Å². The SMILES string of the molecule is CSCCCCNc1ccc(Br)cn1. The molecule has 0 unspecified atom stereocenters. The number of unbranched alkanes of at least 4 members (excludes halogenated alkanes) is 1. The van der Waals surface area contributed by atoms with Crippen molar-refractivity contribution in [3.63, 3.8) is 0 Å². The van der Waals surface area contributed by atoms with E-state index >= 15 is 0 Å². The Morgan fingerprint density at radius 2 is 2.29 bits per heavy atom. The van der Waals surface area contributed by atoms with Crippen LogP contribution in [0.3, 0.4) is 0 Å². The fourth-order valence-corrected chi connectivity index (χ4v) is 1.80. The average Bonchev–Trinajstić information content (AvgIpc) is 2.21. The topological polar surface area (TPSA) is 24.9 Å². The van der Waals surface area contributed by atoms with Crippen molar-refractivity contribution in [3.05, 3.63) is 22.8 Å². The minimum Gasteiger partial charge on any atom is -0.370 e. The minimum atomic E-state index is 0.956. The standard InChI is InChI=1S/C10H15BrN2S/c1-14-7-3-2-6-12-10-5-4-9(11)8-13-10/h4-5,8H,2-3,6-7H2,1H3,(H,12,13). The van der Waals surface area contributed by atoms with Gasteiger partial charge in [-0.1, -0.05) is 0 Å². The number of nitrogens with zero attached hydrogens (tertiary/aromatic N) is 1. The zero-order valence-electron chi connectivity index (χ0n) is 8.29. The number of hydrogen-bond acceptors (Lipinski definition) is 3. The molecule has 0 aromatic carbocycles. The summed E-state index contributed by atoms with van der Waals surface area (Å²) in [5.41, 5.74) is 0. The number of hydrogen-bond donors (Lipinski definition) is 1. The van der Waals surface area contributed by atoms with Gasteiger partial charge in [-0.05, 0) is 52.9 Å². The first-order chi connectivity index (χ1) is 6.83. The second-order valence-electron chi connectivity index (χ2n) is 2.99. The van der Waals surface area contributed by atoms with Crippen molar-refractivity contribution in [2.75, 3.05) is 23.9 Å². The predicted molar refractivity (Wildman–Crippen MR) is 68.0 cm³/mol. The molecule has 0 saturated carbocycles. The van der Waals surface area contributed by atoms with Gasteiger partial charge in [-0.3, -0.25) is 0 Å². The van der Waals surface area contributed by atoms with Crippen LogP contribution in [0, 0.1) is 0 Å². The second kappa shape index (κ2) is 7.12. The molecule has 0 fully saturated rings. The highest BCUT2D eigenvalue weighted by Gasteiger charge is 1.92. The third kappa shape index (κ3) is 4.86. The Balaban J connectivity index is 2.15. The van der Waals surface area contributed by atoms with E-state index in [1.807, 2.05) is 30.1 Å². The number of thioether (sulfide) groups is 1. The Morgan fingerprint density at radius 3 is 2.93 bits per heavy atom. The van der Waals surface area contributed by atoms with Crippen LogP contribution in [0.25, 0.3) is 0 Å². The van der Waals surface area contributed by atoms with E-state index in [1.54, 1.807) is 0 Å². The number of nitrogens with one attached hydrogen (secondary N) is 1. The Morgan fingerprint density at radius 1 is 1.43 bits per heavy atom. The number of aromatic nitrogens is 1. The van der Waals surface area contributed by atoms with Crippen molar-refractivity contribution in [2.45, 2.75) is 12.8 Å². The van der Waals surface area contributed by atoms with Crippen molar-refractivity contribution in [2.24, 2.45) is 0 Å². The summed E-state index contributed by atoms with van der Waals surface area (Å²) in [5.74, 6) is 2.20.